The van der Waals surface area contributed by atoms with E-state index in [1.807, 2.05) is 27.7 Å². The Hall–Kier alpha value is -3.09. The Morgan fingerprint density at radius 2 is 1.62 bits per heavy atom. The highest BCUT2D eigenvalue weighted by Crippen LogP contribution is 2.42. The van der Waals surface area contributed by atoms with E-state index in [1.54, 1.807) is 40.6 Å². The zero-order valence-electron chi connectivity index (χ0n) is 44.3. The average molecular weight is 986 g/mol. The summed E-state index contributed by atoms with van der Waals surface area (Å²) in [5.41, 5.74) is 1.85. The Morgan fingerprint density at radius 3 is 2.25 bits per heavy atom. The zero-order valence-corrected chi connectivity index (χ0v) is 45.3. The van der Waals surface area contributed by atoms with E-state index in [0.717, 1.165) is 29.8 Å². The maximum atomic E-state index is 14.9. The van der Waals surface area contributed by atoms with E-state index in [-0.39, 0.29) is 66.6 Å². The predicted octanol–water partition coefficient (Wildman–Crippen LogP) is 8.45. The number of Topliss-reactive ketones (excluding diaryl/α,β-unsaturated/α-hetero) is 2. The Labute approximate surface area is 413 Å². The molecule has 0 aromatic carbocycles. The number of ketones is 2. The van der Waals surface area contributed by atoms with E-state index in [4.69, 9.17) is 32.8 Å². The summed E-state index contributed by atoms with van der Waals surface area (Å²) in [5.74, 6) is -6.09. The molecule has 15 nitrogen and oxygen atoms in total. The molecule has 5 rings (SSSR count). The number of imidazole rings is 1. The number of hydrogen-bond donors (Lipinski definition) is 2. The molecule has 3 fully saturated rings. The summed E-state index contributed by atoms with van der Waals surface area (Å²) in [7, 11) is 2.27. The molecule has 390 valence electrons. The van der Waals surface area contributed by atoms with E-state index >= 15 is 0 Å². The van der Waals surface area contributed by atoms with Crippen LogP contribution in [-0.2, 0) is 58.6 Å². The minimum absolute atomic E-state index is 0.0461. The van der Waals surface area contributed by atoms with Crippen molar-refractivity contribution < 1.29 is 57.1 Å². The van der Waals surface area contributed by atoms with Gasteiger partial charge in [-0.25, -0.2) is 9.78 Å². The fourth-order valence-electron chi connectivity index (χ4n) is 10.8. The molecule has 3 aliphatic heterocycles. The van der Waals surface area contributed by atoms with Crippen molar-refractivity contribution in [2.24, 2.45) is 29.6 Å². The number of aliphatic hydroxyl groups is 1. The molecular weight excluding hydrogens is 899 g/mol. The zero-order chi connectivity index (χ0) is 51.0. The number of allylic oxidation sites excluding steroid dienone is 3. The minimum atomic E-state index is -2.54. The quantitative estimate of drug-likeness (QED) is 0.0933. The van der Waals surface area contributed by atoms with Gasteiger partial charge in [0.25, 0.3) is 11.7 Å². The monoisotopic (exact) mass is 986 g/mol. The van der Waals surface area contributed by atoms with Crippen LogP contribution in [0.3, 0.4) is 0 Å². The highest BCUT2D eigenvalue weighted by Gasteiger charge is 2.57. The van der Waals surface area contributed by atoms with Crippen LogP contribution in [0, 0.1) is 29.6 Å². The highest BCUT2D eigenvalue weighted by molar-refractivity contribution is 6.74. The summed E-state index contributed by atoms with van der Waals surface area (Å²) in [6.45, 7) is 23.1. The van der Waals surface area contributed by atoms with Gasteiger partial charge in [-0.2, -0.15) is 0 Å². The van der Waals surface area contributed by atoms with Crippen LogP contribution in [0.15, 0.2) is 35.7 Å². The van der Waals surface area contributed by atoms with Gasteiger partial charge in [0.15, 0.2) is 8.32 Å². The Bertz CT molecular complexity index is 1930. The Balaban J connectivity index is 1.59. The second kappa shape index (κ2) is 24.6. The summed E-state index contributed by atoms with van der Waals surface area (Å²) in [6, 6.07) is -1.11. The minimum Gasteiger partial charge on any atom is -0.456 e. The molecule has 69 heavy (non-hydrogen) atoms. The fourth-order valence-corrected chi connectivity index (χ4v) is 12.2. The van der Waals surface area contributed by atoms with Crippen LogP contribution in [0.5, 0.6) is 0 Å². The molecule has 1 aromatic heterocycles. The lowest BCUT2D eigenvalue weighted by Gasteiger charge is -2.47. The number of nitrogens with one attached hydrogen (secondary N) is 1. The van der Waals surface area contributed by atoms with Crippen LogP contribution >= 0.6 is 0 Å². The standard InChI is InChI=1S/C53H87N3O12Si/c1-15-38-25-32(2)24-33(3)26-44(63-11)48-45(64-12)28-35(5)53(61,67-48)49(58)50(59)56-23-17-16-18-39(56)51(60)66-47(36(6)42(30-40(38)57)68-69(13,14)52(7,8)9)34(4)27-37-19-20-41(43(29-37)62-10)65-31-46-54-21-22-55-46/h21-22,25,27,33,35-39,41-45,47-48,61H,15-20,23-24,26,28-31H2,1-14H3,(H,54,55)/b32-25+,34-27?. The third-order valence-corrected chi connectivity index (χ3v) is 20.6. The number of methoxy groups -OCH3 is 3. The number of aromatic amines is 1. The largest absolute Gasteiger partial charge is 0.456 e. The molecule has 2 saturated heterocycles. The molecule has 1 amide bonds. The van der Waals surface area contributed by atoms with Gasteiger partial charge in [-0.3, -0.25) is 14.4 Å². The molecule has 2 N–H and O–H groups in total. The van der Waals surface area contributed by atoms with Crippen molar-refractivity contribution in [3.05, 3.63) is 41.5 Å². The van der Waals surface area contributed by atoms with Gasteiger partial charge in [-0.1, -0.05) is 66.2 Å². The number of hydrogen-bond acceptors (Lipinski definition) is 13. The molecule has 4 heterocycles. The topological polar surface area (TPSA) is 185 Å². The van der Waals surface area contributed by atoms with Crippen molar-refractivity contribution >= 4 is 31.8 Å². The first kappa shape index (κ1) is 56.8. The number of piperidine rings is 1. The van der Waals surface area contributed by atoms with Crippen molar-refractivity contribution in [2.45, 2.75) is 212 Å². The Kier molecular flexibility index (Phi) is 20.2. The summed E-state index contributed by atoms with van der Waals surface area (Å²) >= 11 is 0. The third-order valence-electron chi connectivity index (χ3n) is 16.1. The number of rotatable bonds is 11. The number of fused-ring (bicyclic) bond motifs is 3. The van der Waals surface area contributed by atoms with Crippen molar-refractivity contribution in [3.8, 4) is 0 Å². The molecule has 0 spiro atoms. The maximum Gasteiger partial charge on any atom is 0.329 e. The van der Waals surface area contributed by atoms with Gasteiger partial charge in [0.2, 0.25) is 5.79 Å². The average Bonchev–Trinajstić information content (AvgIpc) is 3.84. The van der Waals surface area contributed by atoms with Gasteiger partial charge in [0.1, 0.15) is 36.5 Å². The van der Waals surface area contributed by atoms with E-state index in [2.05, 4.69) is 62.9 Å². The first-order valence-corrected chi connectivity index (χ1v) is 28.6. The van der Waals surface area contributed by atoms with Gasteiger partial charge in [-0.05, 0) is 114 Å². The number of esters is 1. The number of H-pyrrole nitrogens is 1. The highest BCUT2D eigenvalue weighted by atomic mass is 28.4. The van der Waals surface area contributed by atoms with E-state index in [9.17, 15) is 24.3 Å². The lowest BCUT2D eigenvalue weighted by molar-refractivity contribution is -0.302. The van der Waals surface area contributed by atoms with Gasteiger partial charge in [0.05, 0.1) is 30.5 Å². The van der Waals surface area contributed by atoms with Gasteiger partial charge < -0.3 is 47.8 Å². The maximum absolute atomic E-state index is 14.9. The molecule has 4 aliphatic rings. The van der Waals surface area contributed by atoms with Crippen molar-refractivity contribution in [1.29, 1.82) is 0 Å². The number of aromatic nitrogens is 2. The molecule has 1 saturated carbocycles. The molecule has 14 atom stereocenters. The number of carbonyl (C=O) groups excluding carboxylic acids is 4. The van der Waals surface area contributed by atoms with Gasteiger partial charge in [0, 0.05) is 64.4 Å². The number of cyclic esters (lactones) is 1. The summed E-state index contributed by atoms with van der Waals surface area (Å²) in [6.07, 6.45) is 9.61. The lowest BCUT2D eigenvalue weighted by Crippen LogP contribution is -2.64. The van der Waals surface area contributed by atoms with E-state index < -0.39 is 80.2 Å². The van der Waals surface area contributed by atoms with E-state index in [0.29, 0.717) is 45.1 Å². The Morgan fingerprint density at radius 1 is 0.942 bits per heavy atom. The third kappa shape index (κ3) is 13.9. The summed E-state index contributed by atoms with van der Waals surface area (Å²) < 4.78 is 44.5. The number of nitrogens with zero attached hydrogens (tertiary/aromatic N) is 2. The van der Waals surface area contributed by atoms with Gasteiger partial charge >= 0.3 is 5.97 Å². The lowest BCUT2D eigenvalue weighted by atomic mass is 9.81. The van der Waals surface area contributed by atoms with Crippen LogP contribution in [0.4, 0.5) is 0 Å². The fraction of sp³-hybridized carbons (Fsp3) is 0.792. The molecule has 2 bridgehead atoms. The molecule has 14 unspecified atom stereocenters. The van der Waals surface area contributed by atoms with Crippen molar-refractivity contribution in [2.75, 3.05) is 27.9 Å². The number of ether oxygens (including phenoxy) is 6. The van der Waals surface area contributed by atoms with Crippen LogP contribution in [-0.4, -0.2) is 134 Å². The van der Waals surface area contributed by atoms with Crippen molar-refractivity contribution in [1.82, 2.24) is 14.9 Å². The van der Waals surface area contributed by atoms with Crippen molar-refractivity contribution in [3.63, 3.8) is 0 Å². The smallest absolute Gasteiger partial charge is 0.329 e. The van der Waals surface area contributed by atoms with Crippen LogP contribution in [0.25, 0.3) is 0 Å². The van der Waals surface area contributed by atoms with Crippen LogP contribution in [0.2, 0.25) is 18.1 Å². The van der Waals surface area contributed by atoms with Crippen LogP contribution in [0.1, 0.15) is 139 Å². The first-order chi connectivity index (χ1) is 32.5. The SMILES string of the molecule is CCC1/C=C(\C)CC(C)CC(OC)C2OC(O)(C(=O)C(=O)N3CCCCC3C(=O)OC(C(C)=CC3CCC(OCc4ncc[nH]4)C(OC)C3)C(C)C(O[Si](C)(C)C(C)(C)C)CC1=O)C(C)CC2OC. The normalized spacial score (nSPS) is 36.5. The summed E-state index contributed by atoms with van der Waals surface area (Å²) in [5, 5.41) is 12.1. The molecule has 1 aromatic rings. The first-order valence-electron chi connectivity index (χ1n) is 25.7. The summed E-state index contributed by atoms with van der Waals surface area (Å²) in [4.78, 5) is 67.5. The van der Waals surface area contributed by atoms with E-state index in [1.165, 1.54) is 4.90 Å². The number of amides is 1. The molecule has 0 radical (unpaired) electrons. The second-order valence-electron chi connectivity index (χ2n) is 22.3. The number of carbonyl (C=O) groups is 4. The predicted molar refractivity (Wildman–Crippen MR) is 265 cm³/mol. The van der Waals surface area contributed by atoms with Gasteiger partial charge in [-0.15, -0.1) is 0 Å². The second-order valence-corrected chi connectivity index (χ2v) is 27.1. The van der Waals surface area contributed by atoms with Crippen LogP contribution < -0.4 is 0 Å². The molecule has 1 aliphatic carbocycles. The molecular formula is C53H87N3O12Si. The molecule has 16 heteroatoms.